The molecule has 4 N–H and O–H groups in total. The molecule has 0 spiro atoms. The second-order valence-corrected chi connectivity index (χ2v) is 5.99. The summed E-state index contributed by atoms with van der Waals surface area (Å²) in [6.45, 7) is 1.06. The van der Waals surface area contributed by atoms with Crippen molar-refractivity contribution in [3.8, 4) is 11.5 Å². The second kappa shape index (κ2) is 10.5. The molecule has 0 radical (unpaired) electrons. The first-order valence-electron chi connectivity index (χ1n) is 8.76. The van der Waals surface area contributed by atoms with Crippen LogP contribution in [0.25, 0.3) is 0 Å². The molecule has 0 aromatic heterocycles. The molecule has 0 heterocycles. The average molecular weight is 415 g/mol. The standard InChI is InChI=1S/C20H21N3O7/c1-12(18(25)23-20(21)27)30-19(26)13-6-8-15(9-7-13)29-11-17(24)22-14-4-3-5-16(10-14)28-2/h3-10,12H,11H2,1-2H3,(H,22,24)(H3,21,23,25,27)/t12-/m0/s1. The van der Waals surface area contributed by atoms with Crippen molar-refractivity contribution in [2.24, 2.45) is 5.73 Å². The van der Waals surface area contributed by atoms with E-state index in [9.17, 15) is 19.2 Å². The second-order valence-electron chi connectivity index (χ2n) is 5.99. The van der Waals surface area contributed by atoms with E-state index in [1.165, 1.54) is 38.3 Å². The molecular formula is C20H21N3O7. The van der Waals surface area contributed by atoms with Gasteiger partial charge in [-0.2, -0.15) is 0 Å². The van der Waals surface area contributed by atoms with Gasteiger partial charge >= 0.3 is 12.0 Å². The first kappa shape index (κ1) is 22.2. The number of amides is 4. The van der Waals surface area contributed by atoms with Gasteiger partial charge in [-0.1, -0.05) is 6.07 Å². The lowest BCUT2D eigenvalue weighted by Gasteiger charge is -2.12. The molecule has 2 rings (SSSR count). The number of nitrogens with two attached hydrogens (primary N) is 1. The minimum Gasteiger partial charge on any atom is -0.497 e. The zero-order valence-corrected chi connectivity index (χ0v) is 16.3. The molecule has 1 atom stereocenters. The maximum Gasteiger partial charge on any atom is 0.338 e. The van der Waals surface area contributed by atoms with Gasteiger partial charge in [-0.05, 0) is 43.3 Å². The molecule has 10 heteroatoms. The SMILES string of the molecule is COc1cccc(NC(=O)COc2ccc(C(=O)O[C@@H](C)C(=O)NC(N)=O)cc2)c1. The zero-order valence-electron chi connectivity index (χ0n) is 16.3. The number of imide groups is 1. The van der Waals surface area contributed by atoms with Crippen LogP contribution in [0.4, 0.5) is 10.5 Å². The Labute approximate surface area is 172 Å². The number of ether oxygens (including phenoxy) is 3. The third-order valence-electron chi connectivity index (χ3n) is 3.71. The lowest BCUT2D eigenvalue weighted by Crippen LogP contribution is -2.42. The Morgan fingerprint density at radius 3 is 2.37 bits per heavy atom. The molecule has 0 aliphatic heterocycles. The van der Waals surface area contributed by atoms with Crippen molar-refractivity contribution in [2.45, 2.75) is 13.0 Å². The number of primary amides is 1. The molecule has 0 bridgehead atoms. The van der Waals surface area contributed by atoms with Gasteiger partial charge in [0.1, 0.15) is 11.5 Å². The number of urea groups is 1. The maximum absolute atomic E-state index is 12.0. The Balaban J connectivity index is 1.84. The highest BCUT2D eigenvalue weighted by molar-refractivity contribution is 5.98. The molecule has 2 aromatic rings. The lowest BCUT2D eigenvalue weighted by molar-refractivity contribution is -0.127. The van der Waals surface area contributed by atoms with Crippen LogP contribution >= 0.6 is 0 Å². The van der Waals surface area contributed by atoms with Gasteiger partial charge in [0, 0.05) is 11.8 Å². The summed E-state index contributed by atoms with van der Waals surface area (Å²) in [6.07, 6.45) is -1.21. The molecule has 0 fully saturated rings. The number of benzene rings is 2. The van der Waals surface area contributed by atoms with Crippen molar-refractivity contribution in [3.63, 3.8) is 0 Å². The van der Waals surface area contributed by atoms with Crippen molar-refractivity contribution >= 4 is 29.5 Å². The molecule has 30 heavy (non-hydrogen) atoms. The first-order chi connectivity index (χ1) is 14.3. The number of carbonyl (C=O) groups excluding carboxylic acids is 4. The molecule has 10 nitrogen and oxygen atoms in total. The van der Waals surface area contributed by atoms with E-state index in [1.54, 1.807) is 24.3 Å². The number of hydrogen-bond donors (Lipinski definition) is 3. The number of anilines is 1. The summed E-state index contributed by atoms with van der Waals surface area (Å²) in [5.74, 6) is -1.02. The molecule has 0 unspecified atom stereocenters. The van der Waals surface area contributed by atoms with Gasteiger partial charge in [0.25, 0.3) is 11.8 Å². The summed E-state index contributed by atoms with van der Waals surface area (Å²) in [7, 11) is 1.53. The van der Waals surface area contributed by atoms with Crippen LogP contribution in [0.1, 0.15) is 17.3 Å². The summed E-state index contributed by atoms with van der Waals surface area (Å²) < 4.78 is 15.4. The van der Waals surface area contributed by atoms with E-state index in [-0.39, 0.29) is 18.1 Å². The Kier molecular flexibility index (Phi) is 7.74. The molecule has 158 valence electrons. The number of nitrogens with one attached hydrogen (secondary N) is 2. The zero-order chi connectivity index (χ0) is 22.1. The van der Waals surface area contributed by atoms with Crippen molar-refractivity contribution in [3.05, 3.63) is 54.1 Å². The van der Waals surface area contributed by atoms with Gasteiger partial charge in [-0.25, -0.2) is 9.59 Å². The normalized spacial score (nSPS) is 11.0. The molecular weight excluding hydrogens is 394 g/mol. The largest absolute Gasteiger partial charge is 0.497 e. The van der Waals surface area contributed by atoms with Crippen molar-refractivity contribution in [2.75, 3.05) is 19.0 Å². The van der Waals surface area contributed by atoms with E-state index in [1.807, 2.05) is 5.32 Å². The number of methoxy groups -OCH3 is 1. The van der Waals surface area contributed by atoms with Crippen LogP contribution in [0.3, 0.4) is 0 Å². The van der Waals surface area contributed by atoms with Crippen LogP contribution < -0.4 is 25.8 Å². The van der Waals surface area contributed by atoms with Crippen LogP contribution in [0.15, 0.2) is 48.5 Å². The summed E-state index contributed by atoms with van der Waals surface area (Å²) >= 11 is 0. The quantitative estimate of drug-likeness (QED) is 0.553. The average Bonchev–Trinajstić information content (AvgIpc) is 2.72. The summed E-state index contributed by atoms with van der Waals surface area (Å²) in [4.78, 5) is 46.2. The number of hydrogen-bond acceptors (Lipinski definition) is 7. The van der Waals surface area contributed by atoms with E-state index >= 15 is 0 Å². The molecule has 4 amide bonds. The van der Waals surface area contributed by atoms with E-state index in [4.69, 9.17) is 19.9 Å². The fraction of sp³-hybridized carbons (Fsp3) is 0.200. The highest BCUT2D eigenvalue weighted by atomic mass is 16.5. The van der Waals surface area contributed by atoms with Gasteiger partial charge in [0.2, 0.25) is 0 Å². The van der Waals surface area contributed by atoms with Crippen LogP contribution in [-0.4, -0.2) is 43.6 Å². The van der Waals surface area contributed by atoms with E-state index < -0.39 is 24.0 Å². The smallest absolute Gasteiger partial charge is 0.338 e. The molecule has 0 aliphatic carbocycles. The number of carbonyl (C=O) groups is 4. The Morgan fingerprint density at radius 2 is 1.73 bits per heavy atom. The first-order valence-corrected chi connectivity index (χ1v) is 8.76. The van der Waals surface area contributed by atoms with Gasteiger partial charge in [-0.15, -0.1) is 0 Å². The summed E-state index contributed by atoms with van der Waals surface area (Å²) in [5.41, 5.74) is 5.56. The van der Waals surface area contributed by atoms with E-state index in [0.717, 1.165) is 0 Å². The Hall–Kier alpha value is -4.08. The topological polar surface area (TPSA) is 146 Å². The molecule has 0 saturated heterocycles. The van der Waals surface area contributed by atoms with Gasteiger partial charge in [-0.3, -0.25) is 14.9 Å². The lowest BCUT2D eigenvalue weighted by atomic mass is 10.2. The van der Waals surface area contributed by atoms with Crippen LogP contribution in [0, 0.1) is 0 Å². The number of esters is 1. The fourth-order valence-corrected chi connectivity index (χ4v) is 2.24. The predicted octanol–water partition coefficient (Wildman–Crippen LogP) is 1.45. The monoisotopic (exact) mass is 415 g/mol. The minimum atomic E-state index is -1.21. The molecule has 0 saturated carbocycles. The van der Waals surface area contributed by atoms with Gasteiger partial charge in [0.15, 0.2) is 12.7 Å². The third kappa shape index (κ3) is 6.82. The van der Waals surface area contributed by atoms with E-state index in [0.29, 0.717) is 17.2 Å². The van der Waals surface area contributed by atoms with Gasteiger partial charge < -0.3 is 25.3 Å². The molecule has 2 aromatic carbocycles. The van der Waals surface area contributed by atoms with Crippen LogP contribution in [0.5, 0.6) is 11.5 Å². The van der Waals surface area contributed by atoms with Crippen molar-refractivity contribution in [1.82, 2.24) is 5.32 Å². The third-order valence-corrected chi connectivity index (χ3v) is 3.71. The van der Waals surface area contributed by atoms with Crippen molar-refractivity contribution in [1.29, 1.82) is 0 Å². The van der Waals surface area contributed by atoms with Crippen LogP contribution in [-0.2, 0) is 14.3 Å². The Morgan fingerprint density at radius 1 is 1.03 bits per heavy atom. The van der Waals surface area contributed by atoms with Crippen LogP contribution in [0.2, 0.25) is 0 Å². The van der Waals surface area contributed by atoms with E-state index in [2.05, 4.69) is 5.32 Å². The van der Waals surface area contributed by atoms with Crippen molar-refractivity contribution < 1.29 is 33.4 Å². The highest BCUT2D eigenvalue weighted by Crippen LogP contribution is 2.17. The fourth-order valence-electron chi connectivity index (χ4n) is 2.24. The summed E-state index contributed by atoms with van der Waals surface area (Å²) in [5, 5.41) is 4.49. The summed E-state index contributed by atoms with van der Waals surface area (Å²) in [6, 6.07) is 11.6. The molecule has 0 aliphatic rings. The van der Waals surface area contributed by atoms with Gasteiger partial charge in [0.05, 0.1) is 12.7 Å². The maximum atomic E-state index is 12.0. The predicted molar refractivity (Wildman–Crippen MR) is 106 cm³/mol. The highest BCUT2D eigenvalue weighted by Gasteiger charge is 2.20. The number of rotatable bonds is 8. The Bertz CT molecular complexity index is 928. The minimum absolute atomic E-state index is 0.155.